The third-order valence-electron chi connectivity index (χ3n) is 3.56. The number of rotatable bonds is 4. The van der Waals surface area contributed by atoms with Crippen LogP contribution in [0.3, 0.4) is 0 Å². The molecule has 1 aliphatic heterocycles. The minimum Gasteiger partial charge on any atom is -0.492 e. The normalized spacial score (nSPS) is 18.3. The highest BCUT2D eigenvalue weighted by Crippen LogP contribution is 2.37. The van der Waals surface area contributed by atoms with E-state index >= 15 is 0 Å². The smallest absolute Gasteiger partial charge is 0.125 e. The Morgan fingerprint density at radius 2 is 2.14 bits per heavy atom. The fourth-order valence-electron chi connectivity index (χ4n) is 2.51. The highest BCUT2D eigenvalue weighted by atomic mass is 32.2. The second kappa shape index (κ2) is 6.08. The zero-order valence-corrected chi connectivity index (χ0v) is 12.6. The first-order chi connectivity index (χ1) is 10.1. The number of hydrogen-bond acceptors (Lipinski definition) is 3. The molecule has 1 heterocycles. The second-order valence-corrected chi connectivity index (χ2v) is 6.56. The molecule has 0 fully saturated rings. The van der Waals surface area contributed by atoms with Gasteiger partial charge in [0.25, 0.3) is 0 Å². The molecule has 0 amide bonds. The molecular formula is C17H17FO2S. The summed E-state index contributed by atoms with van der Waals surface area (Å²) in [6, 6.07) is 12.6. The molecule has 0 radical (unpaired) electrons. The van der Waals surface area contributed by atoms with Gasteiger partial charge in [0.15, 0.2) is 0 Å². The molecule has 0 spiro atoms. The summed E-state index contributed by atoms with van der Waals surface area (Å²) in [7, 11) is 0. The standard InChI is InChI=1S/C17H17FO2S/c1-11(19)15-9-13(18)6-7-16(15)20-10-14-8-12-4-2-3-5-17(12)21-14/h2-7,9,11,14,19H,8,10H2,1H3. The van der Waals surface area contributed by atoms with Crippen molar-refractivity contribution < 1.29 is 14.2 Å². The number of fused-ring (bicyclic) bond motifs is 1. The van der Waals surface area contributed by atoms with E-state index in [1.165, 1.54) is 22.6 Å². The van der Waals surface area contributed by atoms with Crippen LogP contribution in [0.1, 0.15) is 24.2 Å². The number of aliphatic hydroxyl groups excluding tert-OH is 1. The van der Waals surface area contributed by atoms with E-state index in [4.69, 9.17) is 4.74 Å². The minimum absolute atomic E-state index is 0.356. The third-order valence-corrected chi connectivity index (χ3v) is 4.85. The highest BCUT2D eigenvalue weighted by Gasteiger charge is 2.23. The molecule has 2 nitrogen and oxygen atoms in total. The molecule has 0 saturated carbocycles. The molecule has 0 saturated heterocycles. The Balaban J connectivity index is 1.67. The maximum absolute atomic E-state index is 13.3. The molecule has 0 aromatic heterocycles. The van der Waals surface area contributed by atoms with Crippen LogP contribution in [0.15, 0.2) is 47.4 Å². The first-order valence-electron chi connectivity index (χ1n) is 6.98. The van der Waals surface area contributed by atoms with Crippen molar-refractivity contribution in [3.8, 4) is 5.75 Å². The van der Waals surface area contributed by atoms with Crippen molar-refractivity contribution in [3.05, 3.63) is 59.4 Å². The Hall–Kier alpha value is -1.52. The maximum atomic E-state index is 13.3. The first kappa shape index (κ1) is 14.4. The van der Waals surface area contributed by atoms with E-state index in [9.17, 15) is 9.50 Å². The van der Waals surface area contributed by atoms with Crippen molar-refractivity contribution >= 4 is 11.8 Å². The molecule has 1 aliphatic rings. The van der Waals surface area contributed by atoms with Gasteiger partial charge < -0.3 is 9.84 Å². The molecule has 110 valence electrons. The van der Waals surface area contributed by atoms with Crippen LogP contribution in [0.5, 0.6) is 5.75 Å². The zero-order chi connectivity index (χ0) is 14.8. The van der Waals surface area contributed by atoms with Crippen LogP contribution in [0.4, 0.5) is 4.39 Å². The second-order valence-electron chi connectivity index (χ2n) is 5.22. The lowest BCUT2D eigenvalue weighted by atomic mass is 10.1. The van der Waals surface area contributed by atoms with Gasteiger partial charge in [0.05, 0.1) is 6.10 Å². The lowest BCUT2D eigenvalue weighted by Crippen LogP contribution is -2.14. The van der Waals surface area contributed by atoms with Crippen LogP contribution in [0, 0.1) is 5.82 Å². The zero-order valence-electron chi connectivity index (χ0n) is 11.8. The molecule has 0 bridgehead atoms. The Morgan fingerprint density at radius 3 is 2.90 bits per heavy atom. The molecule has 2 aromatic rings. The van der Waals surface area contributed by atoms with Gasteiger partial charge in [-0.3, -0.25) is 0 Å². The Morgan fingerprint density at radius 1 is 1.33 bits per heavy atom. The SMILES string of the molecule is CC(O)c1cc(F)ccc1OCC1Cc2ccccc2S1. The summed E-state index contributed by atoms with van der Waals surface area (Å²) in [5, 5.41) is 10.1. The summed E-state index contributed by atoms with van der Waals surface area (Å²) in [5.41, 5.74) is 1.85. The van der Waals surface area contributed by atoms with E-state index in [0.717, 1.165) is 6.42 Å². The quantitative estimate of drug-likeness (QED) is 0.926. The molecule has 1 N–H and O–H groups in total. The number of aliphatic hydroxyl groups is 1. The highest BCUT2D eigenvalue weighted by molar-refractivity contribution is 8.00. The molecule has 0 aliphatic carbocycles. The van der Waals surface area contributed by atoms with Gasteiger partial charge in [0.2, 0.25) is 0 Å². The predicted octanol–water partition coefficient (Wildman–Crippen LogP) is 3.97. The summed E-state index contributed by atoms with van der Waals surface area (Å²) in [4.78, 5) is 1.31. The van der Waals surface area contributed by atoms with Gasteiger partial charge >= 0.3 is 0 Å². The van der Waals surface area contributed by atoms with Crippen molar-refractivity contribution in [1.82, 2.24) is 0 Å². The van der Waals surface area contributed by atoms with Crippen molar-refractivity contribution in [2.75, 3.05) is 6.61 Å². The maximum Gasteiger partial charge on any atom is 0.125 e. The van der Waals surface area contributed by atoms with Gasteiger partial charge in [0, 0.05) is 15.7 Å². The van der Waals surface area contributed by atoms with Crippen LogP contribution in [0.2, 0.25) is 0 Å². The monoisotopic (exact) mass is 304 g/mol. The van der Waals surface area contributed by atoms with Crippen LogP contribution in [-0.2, 0) is 6.42 Å². The van der Waals surface area contributed by atoms with Crippen molar-refractivity contribution in [2.45, 2.75) is 29.6 Å². The lowest BCUT2D eigenvalue weighted by Gasteiger charge is -2.16. The average molecular weight is 304 g/mol. The third kappa shape index (κ3) is 3.22. The number of ether oxygens (including phenoxy) is 1. The van der Waals surface area contributed by atoms with Crippen molar-refractivity contribution in [1.29, 1.82) is 0 Å². The minimum atomic E-state index is -0.746. The number of thioether (sulfide) groups is 1. The number of halogens is 1. The molecule has 2 aromatic carbocycles. The Labute approximate surface area is 128 Å². The fourth-order valence-corrected chi connectivity index (χ4v) is 3.72. The molecule has 2 unspecified atom stereocenters. The molecule has 2 atom stereocenters. The van der Waals surface area contributed by atoms with Crippen LogP contribution in [-0.4, -0.2) is 17.0 Å². The topological polar surface area (TPSA) is 29.5 Å². The molecule has 21 heavy (non-hydrogen) atoms. The van der Waals surface area contributed by atoms with E-state index < -0.39 is 6.10 Å². The van der Waals surface area contributed by atoms with Crippen LogP contribution in [0.25, 0.3) is 0 Å². The lowest BCUT2D eigenvalue weighted by molar-refractivity contribution is 0.190. The van der Waals surface area contributed by atoms with Gasteiger partial charge in [0.1, 0.15) is 18.2 Å². The largest absolute Gasteiger partial charge is 0.492 e. The van der Waals surface area contributed by atoms with Gasteiger partial charge in [-0.2, -0.15) is 0 Å². The fraction of sp³-hybridized carbons (Fsp3) is 0.294. The molecule has 4 heteroatoms. The van der Waals surface area contributed by atoms with E-state index in [1.54, 1.807) is 13.0 Å². The van der Waals surface area contributed by atoms with Crippen LogP contribution < -0.4 is 4.74 Å². The summed E-state index contributed by atoms with van der Waals surface area (Å²) in [5.74, 6) is 0.198. The van der Waals surface area contributed by atoms with E-state index in [-0.39, 0.29) is 5.82 Å². The van der Waals surface area contributed by atoms with Crippen molar-refractivity contribution in [3.63, 3.8) is 0 Å². The van der Waals surface area contributed by atoms with E-state index in [1.807, 2.05) is 23.9 Å². The first-order valence-corrected chi connectivity index (χ1v) is 7.86. The number of hydrogen-bond donors (Lipinski definition) is 1. The van der Waals surface area contributed by atoms with Crippen LogP contribution >= 0.6 is 11.8 Å². The molecular weight excluding hydrogens is 287 g/mol. The van der Waals surface area contributed by atoms with E-state index in [0.29, 0.717) is 23.2 Å². The Kier molecular flexibility index (Phi) is 4.17. The average Bonchev–Trinajstić information content (AvgIpc) is 2.88. The summed E-state index contributed by atoms with van der Waals surface area (Å²) in [6.07, 6.45) is 0.232. The van der Waals surface area contributed by atoms with Gasteiger partial charge in [-0.25, -0.2) is 4.39 Å². The van der Waals surface area contributed by atoms with Gasteiger partial charge in [-0.05, 0) is 43.2 Å². The summed E-state index contributed by atoms with van der Waals surface area (Å²) < 4.78 is 19.1. The van der Waals surface area contributed by atoms with E-state index in [2.05, 4.69) is 12.1 Å². The predicted molar refractivity (Wildman–Crippen MR) is 82.3 cm³/mol. The van der Waals surface area contributed by atoms with Gasteiger partial charge in [-0.1, -0.05) is 18.2 Å². The summed E-state index contributed by atoms with van der Waals surface area (Å²) >= 11 is 1.81. The van der Waals surface area contributed by atoms with Crippen molar-refractivity contribution in [2.24, 2.45) is 0 Å². The number of benzene rings is 2. The van der Waals surface area contributed by atoms with Gasteiger partial charge in [-0.15, -0.1) is 11.8 Å². The molecule has 3 rings (SSSR count). The Bertz CT molecular complexity index is 617. The summed E-state index contributed by atoms with van der Waals surface area (Å²) in [6.45, 7) is 2.16.